The fourth-order valence-electron chi connectivity index (χ4n) is 1.69. The zero-order chi connectivity index (χ0) is 20.8. The SMILES string of the molecule is CC(=O)c1[nH]ncc1NC(=O)c1c(F)cccc1F.CCC.CNCCN. The van der Waals surface area contributed by atoms with Gasteiger partial charge < -0.3 is 16.4 Å². The van der Waals surface area contributed by atoms with Crippen molar-refractivity contribution in [2.75, 3.05) is 25.5 Å². The van der Waals surface area contributed by atoms with Gasteiger partial charge in [-0.2, -0.15) is 5.10 Å². The van der Waals surface area contributed by atoms with Gasteiger partial charge in [-0.3, -0.25) is 14.7 Å². The number of rotatable bonds is 5. The van der Waals surface area contributed by atoms with Gasteiger partial charge in [-0.1, -0.05) is 26.3 Å². The van der Waals surface area contributed by atoms with Gasteiger partial charge in [-0.05, 0) is 19.2 Å². The second kappa shape index (κ2) is 13.5. The summed E-state index contributed by atoms with van der Waals surface area (Å²) in [5.41, 5.74) is 4.50. The van der Waals surface area contributed by atoms with Crippen LogP contribution < -0.4 is 16.4 Å². The van der Waals surface area contributed by atoms with Crippen molar-refractivity contribution in [3.8, 4) is 0 Å². The molecule has 1 aromatic carbocycles. The van der Waals surface area contributed by atoms with Crippen LogP contribution in [0, 0.1) is 11.6 Å². The van der Waals surface area contributed by atoms with E-state index in [0.29, 0.717) is 0 Å². The summed E-state index contributed by atoms with van der Waals surface area (Å²) in [5.74, 6) is -3.31. The summed E-state index contributed by atoms with van der Waals surface area (Å²) in [6, 6.07) is 3.10. The zero-order valence-electron chi connectivity index (χ0n) is 16.0. The number of benzene rings is 1. The summed E-state index contributed by atoms with van der Waals surface area (Å²) in [7, 11) is 1.88. The van der Waals surface area contributed by atoms with E-state index < -0.39 is 23.1 Å². The van der Waals surface area contributed by atoms with Crippen molar-refractivity contribution >= 4 is 17.4 Å². The quantitative estimate of drug-likeness (QED) is 0.593. The predicted octanol–water partition coefficient (Wildman–Crippen LogP) is 2.72. The van der Waals surface area contributed by atoms with Crippen molar-refractivity contribution < 1.29 is 18.4 Å². The number of Topliss-reactive ketones (excluding diaryl/α,β-unsaturated/α-hetero) is 1. The van der Waals surface area contributed by atoms with Gasteiger partial charge in [0, 0.05) is 20.0 Å². The lowest BCUT2D eigenvalue weighted by atomic mass is 10.1. The number of halogens is 2. The number of carbonyl (C=O) groups excluding carboxylic acids is 2. The average Bonchev–Trinajstić information content (AvgIpc) is 3.05. The molecule has 0 saturated carbocycles. The Morgan fingerprint density at radius 1 is 1.22 bits per heavy atom. The summed E-state index contributed by atoms with van der Waals surface area (Å²) >= 11 is 0. The van der Waals surface area contributed by atoms with E-state index >= 15 is 0 Å². The molecule has 2 rings (SSSR count). The van der Waals surface area contributed by atoms with Crippen LogP contribution in [0.5, 0.6) is 0 Å². The van der Waals surface area contributed by atoms with Crippen LogP contribution in [0.25, 0.3) is 0 Å². The van der Waals surface area contributed by atoms with Crippen molar-refractivity contribution in [1.29, 1.82) is 0 Å². The van der Waals surface area contributed by atoms with Crippen LogP contribution in [-0.4, -0.2) is 42.0 Å². The highest BCUT2D eigenvalue weighted by Gasteiger charge is 2.19. The summed E-state index contributed by atoms with van der Waals surface area (Å²) in [5, 5.41) is 11.1. The summed E-state index contributed by atoms with van der Waals surface area (Å²) in [6.07, 6.45) is 2.44. The number of aromatic amines is 1. The summed E-state index contributed by atoms with van der Waals surface area (Å²) in [4.78, 5) is 23.0. The first-order valence-corrected chi connectivity index (χ1v) is 8.48. The van der Waals surface area contributed by atoms with Crippen LogP contribution in [0.15, 0.2) is 24.4 Å². The van der Waals surface area contributed by atoms with Crippen molar-refractivity contribution in [3.05, 3.63) is 47.3 Å². The number of amides is 1. The number of aromatic nitrogens is 2. The minimum Gasteiger partial charge on any atom is -0.329 e. The molecule has 0 radical (unpaired) electrons. The van der Waals surface area contributed by atoms with Gasteiger partial charge in [0.25, 0.3) is 5.91 Å². The van der Waals surface area contributed by atoms with Gasteiger partial charge in [0.1, 0.15) is 22.9 Å². The second-order valence-electron chi connectivity index (χ2n) is 5.36. The molecule has 0 saturated heterocycles. The Bertz CT molecular complexity index is 697. The molecule has 0 aliphatic carbocycles. The molecular formula is C18H27F2N5O2. The van der Waals surface area contributed by atoms with Gasteiger partial charge in [0.05, 0.1) is 11.9 Å². The van der Waals surface area contributed by atoms with Crippen molar-refractivity contribution in [3.63, 3.8) is 0 Å². The molecule has 7 nitrogen and oxygen atoms in total. The first-order chi connectivity index (χ1) is 12.8. The Morgan fingerprint density at radius 2 is 1.78 bits per heavy atom. The number of carbonyl (C=O) groups is 2. The summed E-state index contributed by atoms with van der Waals surface area (Å²) in [6.45, 7) is 7.17. The van der Waals surface area contributed by atoms with Crippen LogP contribution >= 0.6 is 0 Å². The smallest absolute Gasteiger partial charge is 0.261 e. The lowest BCUT2D eigenvalue weighted by Gasteiger charge is -2.06. The van der Waals surface area contributed by atoms with Crippen LogP contribution in [0.3, 0.4) is 0 Å². The maximum atomic E-state index is 13.4. The molecule has 27 heavy (non-hydrogen) atoms. The maximum absolute atomic E-state index is 13.4. The van der Waals surface area contributed by atoms with Gasteiger partial charge in [-0.15, -0.1) is 0 Å². The molecule has 150 valence electrons. The van der Waals surface area contributed by atoms with E-state index in [9.17, 15) is 18.4 Å². The topological polar surface area (TPSA) is 113 Å². The third-order valence-corrected chi connectivity index (χ3v) is 2.82. The predicted molar refractivity (Wildman–Crippen MR) is 102 cm³/mol. The van der Waals surface area contributed by atoms with Gasteiger partial charge in [-0.25, -0.2) is 8.78 Å². The Morgan fingerprint density at radius 3 is 2.19 bits per heavy atom. The highest BCUT2D eigenvalue weighted by atomic mass is 19.1. The van der Waals surface area contributed by atoms with Crippen LogP contribution in [0.1, 0.15) is 48.0 Å². The van der Waals surface area contributed by atoms with Crippen LogP contribution in [0.2, 0.25) is 0 Å². The van der Waals surface area contributed by atoms with Crippen molar-refractivity contribution in [2.45, 2.75) is 27.2 Å². The minimum absolute atomic E-state index is 0.0603. The Labute approximate surface area is 157 Å². The number of nitrogens with zero attached hydrogens (tertiary/aromatic N) is 1. The maximum Gasteiger partial charge on any atom is 0.261 e. The van der Waals surface area contributed by atoms with E-state index in [1.165, 1.54) is 19.5 Å². The third kappa shape index (κ3) is 8.52. The van der Waals surface area contributed by atoms with Crippen molar-refractivity contribution in [1.82, 2.24) is 15.5 Å². The van der Waals surface area contributed by atoms with Crippen LogP contribution in [0.4, 0.5) is 14.5 Å². The molecular weight excluding hydrogens is 356 g/mol. The van der Waals surface area contributed by atoms with E-state index in [4.69, 9.17) is 5.73 Å². The molecule has 5 N–H and O–H groups in total. The number of H-pyrrole nitrogens is 1. The fraction of sp³-hybridized carbons (Fsp3) is 0.389. The standard InChI is InChI=1S/C12H9F2N3O2.C3H10N2.C3H8/c1-6(18)11-9(5-15-17-11)16-12(19)10-7(13)3-2-4-8(10)14;1-5-3-2-4;1-3-2/h2-5H,1H3,(H,15,17)(H,16,19);5H,2-4H2,1H3;3H2,1-2H3. The van der Waals surface area contributed by atoms with E-state index in [-0.39, 0.29) is 17.2 Å². The molecule has 0 atom stereocenters. The largest absolute Gasteiger partial charge is 0.329 e. The molecule has 0 fully saturated rings. The Hall–Kier alpha value is -2.65. The van der Waals surface area contributed by atoms with E-state index in [1.807, 2.05) is 7.05 Å². The molecule has 0 aliphatic rings. The molecule has 1 aromatic heterocycles. The monoisotopic (exact) mass is 383 g/mol. The lowest BCUT2D eigenvalue weighted by Crippen LogP contribution is -2.17. The fourth-order valence-corrected chi connectivity index (χ4v) is 1.69. The molecule has 0 unspecified atom stereocenters. The lowest BCUT2D eigenvalue weighted by molar-refractivity contribution is 0.101. The van der Waals surface area contributed by atoms with Gasteiger partial charge >= 0.3 is 0 Å². The van der Waals surface area contributed by atoms with Gasteiger partial charge in [0.2, 0.25) is 0 Å². The first kappa shape index (κ1) is 24.4. The third-order valence-electron chi connectivity index (χ3n) is 2.82. The normalized spacial score (nSPS) is 9.44. The number of hydrogen-bond donors (Lipinski definition) is 4. The number of nitrogens with two attached hydrogens (primary N) is 1. The highest BCUT2D eigenvalue weighted by molar-refractivity contribution is 6.08. The van der Waals surface area contributed by atoms with E-state index in [0.717, 1.165) is 31.3 Å². The molecule has 1 amide bonds. The van der Waals surface area contributed by atoms with E-state index in [2.05, 4.69) is 34.7 Å². The van der Waals surface area contributed by atoms with Crippen molar-refractivity contribution in [2.24, 2.45) is 5.73 Å². The number of nitrogens with one attached hydrogen (secondary N) is 3. The molecule has 1 heterocycles. The number of likely N-dealkylation sites (N-methyl/N-ethyl adjacent to an activating group) is 1. The zero-order valence-corrected chi connectivity index (χ0v) is 16.0. The number of hydrogen-bond acceptors (Lipinski definition) is 5. The molecule has 9 heteroatoms. The number of ketones is 1. The number of anilines is 1. The Balaban J connectivity index is 0.000000719. The van der Waals surface area contributed by atoms with E-state index in [1.54, 1.807) is 0 Å². The molecule has 0 aliphatic heterocycles. The molecule has 2 aromatic rings. The Kier molecular flexibility index (Phi) is 12.2. The first-order valence-electron chi connectivity index (χ1n) is 8.48. The highest BCUT2D eigenvalue weighted by Crippen LogP contribution is 2.17. The second-order valence-corrected chi connectivity index (χ2v) is 5.36. The molecule has 0 bridgehead atoms. The average molecular weight is 383 g/mol. The minimum atomic E-state index is -0.987. The van der Waals surface area contributed by atoms with Gasteiger partial charge in [0.15, 0.2) is 5.78 Å². The molecule has 0 spiro atoms. The summed E-state index contributed by atoms with van der Waals surface area (Å²) < 4.78 is 26.8. The van der Waals surface area contributed by atoms with Crippen LogP contribution in [-0.2, 0) is 0 Å².